The second-order valence-electron chi connectivity index (χ2n) is 11.6. The number of nitrogens with two attached hydrogens (primary N) is 1. The van der Waals surface area contributed by atoms with E-state index in [9.17, 15) is 13.6 Å². The molecule has 2 saturated heterocycles. The Kier molecular flexibility index (Phi) is 20.0. The molecule has 2 heterocycles. The number of primary amides is 1. The third-order valence-electron chi connectivity index (χ3n) is 8.13. The molecule has 0 aliphatic carbocycles. The molecule has 2 fully saturated rings. The molecule has 0 radical (unpaired) electrons. The minimum atomic E-state index is -0.308. The van der Waals surface area contributed by atoms with Crippen LogP contribution in [0.15, 0.2) is 97.1 Å². The van der Waals surface area contributed by atoms with Crippen LogP contribution in [0.4, 0.5) is 8.78 Å². The second kappa shape index (κ2) is 23.3. The lowest BCUT2D eigenvalue weighted by molar-refractivity contribution is -0.119. The van der Waals surface area contributed by atoms with Crippen LogP contribution in [-0.4, -0.2) is 22.4 Å². The Morgan fingerprint density at radius 2 is 1.12 bits per heavy atom. The Labute approximate surface area is 316 Å². The molecule has 0 bridgehead atoms. The van der Waals surface area contributed by atoms with Crippen molar-refractivity contribution in [1.82, 2.24) is 10.6 Å². The number of rotatable bonds is 9. The molecule has 0 saturated carbocycles. The molecule has 4 N–H and O–H groups in total. The van der Waals surface area contributed by atoms with Gasteiger partial charge in [0.25, 0.3) is 0 Å². The van der Waals surface area contributed by atoms with E-state index >= 15 is 0 Å². The standard InChI is InChI=1S/C18H19FN2O2.C18H20FNO.C2H5I.C2H6.ClH/c19-15-4-2-1-3-13(15)11-23-14-7-5-12(6-8-14)16-9-10-17(21-16)18(20)22;1-13-6-11-18(20-13)14-7-9-16(10-8-14)21-12-15-4-2-3-5-17(15)19;1-2-3;1-2;/h1-8,16-17,21H,9-11H2,(H2,20,22);2-5,7-10,13,18,20H,6,11-12H2,1H3;2H2,1H3;1-2H3;1H/p-1/t16-,17+;13-,18-;;;/m11.../s1. The van der Waals surface area contributed by atoms with Crippen molar-refractivity contribution in [3.05, 3.63) is 131 Å². The van der Waals surface area contributed by atoms with Crippen LogP contribution < -0.4 is 38.2 Å². The smallest absolute Gasteiger partial charge is 0.234 e. The maximum Gasteiger partial charge on any atom is 0.234 e. The van der Waals surface area contributed by atoms with Gasteiger partial charge in [0, 0.05) is 29.3 Å². The van der Waals surface area contributed by atoms with E-state index in [1.165, 1.54) is 35.0 Å². The Bertz CT molecular complexity index is 1550. The molecule has 0 unspecified atom stereocenters. The average Bonchev–Trinajstić information content (AvgIpc) is 3.80. The van der Waals surface area contributed by atoms with Crippen LogP contribution in [0.5, 0.6) is 11.5 Å². The summed E-state index contributed by atoms with van der Waals surface area (Å²) in [5.74, 6) is 0.655. The highest BCUT2D eigenvalue weighted by Crippen LogP contribution is 2.29. The minimum Gasteiger partial charge on any atom is -1.00 e. The molecular formula is C40H50ClF2IN3O3-. The Balaban J connectivity index is 0.000000303. The molecule has 6 rings (SSSR count). The topological polar surface area (TPSA) is 85.6 Å². The SMILES string of the molecule is CC.CCI.C[C@@H]1CC[C@H](c2ccc(OCc3ccccc3F)cc2)N1.NC(=O)[C@@H]1CC[C@H](c2ccc(OCc3ccccc3F)cc2)N1.[Cl-]. The van der Waals surface area contributed by atoms with E-state index in [-0.39, 0.29) is 55.2 Å². The first-order valence-electron chi connectivity index (χ1n) is 17.1. The summed E-state index contributed by atoms with van der Waals surface area (Å²) in [5.41, 5.74) is 8.80. The van der Waals surface area contributed by atoms with Crippen LogP contribution in [0.2, 0.25) is 0 Å². The summed E-state index contributed by atoms with van der Waals surface area (Å²) in [5, 5.41) is 6.79. The maximum absolute atomic E-state index is 13.5. The first-order valence-corrected chi connectivity index (χ1v) is 18.6. The van der Waals surface area contributed by atoms with Crippen molar-refractivity contribution >= 4 is 28.5 Å². The van der Waals surface area contributed by atoms with Gasteiger partial charge in [0.2, 0.25) is 5.91 Å². The first-order chi connectivity index (χ1) is 23.8. The quantitative estimate of drug-likeness (QED) is 0.135. The van der Waals surface area contributed by atoms with Gasteiger partial charge in [-0.2, -0.15) is 0 Å². The van der Waals surface area contributed by atoms with E-state index in [2.05, 4.69) is 59.2 Å². The fraction of sp³-hybridized carbons (Fsp3) is 0.375. The van der Waals surface area contributed by atoms with Crippen molar-refractivity contribution in [2.45, 2.75) is 90.8 Å². The third kappa shape index (κ3) is 13.8. The summed E-state index contributed by atoms with van der Waals surface area (Å²) in [6.45, 7) is 8.77. The first kappa shape index (κ1) is 42.9. The Hall–Kier alpha value is -3.25. The summed E-state index contributed by atoms with van der Waals surface area (Å²) in [4.78, 5) is 11.2. The number of nitrogens with one attached hydrogen (secondary N) is 2. The molecule has 4 atom stereocenters. The molecular weight excluding hydrogens is 771 g/mol. The summed E-state index contributed by atoms with van der Waals surface area (Å²) >= 11 is 2.29. The van der Waals surface area contributed by atoms with Gasteiger partial charge in [0.05, 0.1) is 6.04 Å². The number of benzene rings is 4. The molecule has 2 aliphatic heterocycles. The third-order valence-corrected chi connectivity index (χ3v) is 8.13. The number of halogens is 4. The largest absolute Gasteiger partial charge is 1.00 e. The van der Waals surface area contributed by atoms with Crippen molar-refractivity contribution in [3.63, 3.8) is 0 Å². The Morgan fingerprint density at radius 1 is 0.720 bits per heavy atom. The van der Waals surface area contributed by atoms with Gasteiger partial charge in [-0.25, -0.2) is 8.78 Å². The van der Waals surface area contributed by atoms with Crippen molar-refractivity contribution in [1.29, 1.82) is 0 Å². The lowest BCUT2D eigenvalue weighted by Crippen LogP contribution is -3.00. The van der Waals surface area contributed by atoms with E-state index in [0.717, 1.165) is 24.2 Å². The number of carbonyl (C=O) groups is 1. The van der Waals surface area contributed by atoms with Crippen LogP contribution in [0.1, 0.15) is 87.7 Å². The normalized spacial score (nSPS) is 18.9. The molecule has 4 aromatic rings. The molecule has 4 aromatic carbocycles. The van der Waals surface area contributed by atoms with Crippen molar-refractivity contribution in [2.24, 2.45) is 5.73 Å². The number of carbonyl (C=O) groups excluding carboxylic acids is 1. The molecule has 50 heavy (non-hydrogen) atoms. The Morgan fingerprint density at radius 3 is 1.48 bits per heavy atom. The number of hydrogen-bond acceptors (Lipinski definition) is 5. The summed E-state index contributed by atoms with van der Waals surface area (Å²) < 4.78 is 39.5. The lowest BCUT2D eigenvalue weighted by Gasteiger charge is -2.13. The maximum atomic E-state index is 13.5. The predicted octanol–water partition coefficient (Wildman–Crippen LogP) is 6.37. The highest BCUT2D eigenvalue weighted by atomic mass is 127. The van der Waals surface area contributed by atoms with Gasteiger partial charge in [-0.15, -0.1) is 0 Å². The molecule has 6 nitrogen and oxygen atoms in total. The van der Waals surface area contributed by atoms with Gasteiger partial charge < -0.3 is 32.9 Å². The lowest BCUT2D eigenvalue weighted by atomic mass is 10.1. The predicted molar refractivity (Wildman–Crippen MR) is 203 cm³/mol. The van der Waals surface area contributed by atoms with Gasteiger partial charge in [-0.3, -0.25) is 10.1 Å². The molecule has 0 aromatic heterocycles. The zero-order chi connectivity index (χ0) is 35.6. The number of ether oxygens (including phenoxy) is 2. The van der Waals surface area contributed by atoms with Crippen molar-refractivity contribution in [2.75, 3.05) is 4.43 Å². The van der Waals surface area contributed by atoms with Crippen LogP contribution in [0.3, 0.4) is 0 Å². The molecule has 0 spiro atoms. The minimum absolute atomic E-state index is 0. The zero-order valence-electron chi connectivity index (χ0n) is 29.3. The zero-order valence-corrected chi connectivity index (χ0v) is 32.2. The van der Waals surface area contributed by atoms with Gasteiger partial charge >= 0.3 is 0 Å². The van der Waals surface area contributed by atoms with Gasteiger partial charge in [-0.05, 0) is 84.6 Å². The van der Waals surface area contributed by atoms with Crippen LogP contribution in [-0.2, 0) is 18.0 Å². The van der Waals surface area contributed by atoms with Crippen LogP contribution in [0, 0.1) is 11.6 Å². The van der Waals surface area contributed by atoms with E-state index in [0.29, 0.717) is 29.0 Å². The number of alkyl halides is 1. The number of hydrogen-bond donors (Lipinski definition) is 3. The van der Waals surface area contributed by atoms with Gasteiger partial charge in [0.15, 0.2) is 0 Å². The average molecular weight is 821 g/mol. The fourth-order valence-electron chi connectivity index (χ4n) is 5.57. The highest BCUT2D eigenvalue weighted by Gasteiger charge is 2.28. The molecule has 272 valence electrons. The summed E-state index contributed by atoms with van der Waals surface area (Å²) in [6, 6.07) is 29.9. The van der Waals surface area contributed by atoms with E-state index in [1.54, 1.807) is 30.3 Å². The van der Waals surface area contributed by atoms with Crippen LogP contribution in [0.25, 0.3) is 0 Å². The molecule has 10 heteroatoms. The highest BCUT2D eigenvalue weighted by molar-refractivity contribution is 14.1. The van der Waals surface area contributed by atoms with Gasteiger partial charge in [0.1, 0.15) is 36.3 Å². The van der Waals surface area contributed by atoms with Crippen molar-refractivity contribution < 1.29 is 35.5 Å². The van der Waals surface area contributed by atoms with E-state index < -0.39 is 0 Å². The van der Waals surface area contributed by atoms with Crippen molar-refractivity contribution in [3.8, 4) is 11.5 Å². The fourth-order valence-corrected chi connectivity index (χ4v) is 5.57. The second-order valence-corrected chi connectivity index (χ2v) is 13.1. The van der Waals surface area contributed by atoms with E-state index in [1.807, 2.05) is 56.3 Å². The van der Waals surface area contributed by atoms with Gasteiger partial charge in [-0.1, -0.05) is 104 Å². The summed E-state index contributed by atoms with van der Waals surface area (Å²) in [7, 11) is 0. The van der Waals surface area contributed by atoms with Crippen LogP contribution >= 0.6 is 22.6 Å². The monoisotopic (exact) mass is 820 g/mol. The summed E-state index contributed by atoms with van der Waals surface area (Å²) in [6.07, 6.45) is 4.03. The number of amides is 1. The molecule has 1 amide bonds. The molecule has 2 aliphatic rings. The van der Waals surface area contributed by atoms with E-state index in [4.69, 9.17) is 15.2 Å².